The maximum Gasteiger partial charge on any atom is 0.320 e. The number of carbonyl (C=O) groups excluding carboxylic acids is 2. The van der Waals surface area contributed by atoms with Gasteiger partial charge in [0, 0.05) is 26.6 Å². The van der Waals surface area contributed by atoms with Gasteiger partial charge in [0.15, 0.2) is 17.3 Å². The summed E-state index contributed by atoms with van der Waals surface area (Å²) in [6, 6.07) is 6.36. The normalized spacial score (nSPS) is 10.3. The average Bonchev–Trinajstić information content (AvgIpc) is 3.19. The van der Waals surface area contributed by atoms with Gasteiger partial charge in [-0.2, -0.15) is 4.98 Å². The van der Waals surface area contributed by atoms with Gasteiger partial charge in [-0.3, -0.25) is 10.1 Å². The topological polar surface area (TPSA) is 156 Å². The minimum Gasteiger partial charge on any atom is -0.494 e. The molecule has 2 heterocycles. The number of urea groups is 1. The van der Waals surface area contributed by atoms with Crippen LogP contribution in [0.1, 0.15) is 23.3 Å². The van der Waals surface area contributed by atoms with E-state index in [4.69, 9.17) is 9.26 Å². The third-order valence-electron chi connectivity index (χ3n) is 4.07. The first-order valence-electron chi connectivity index (χ1n) is 9.36. The van der Waals surface area contributed by atoms with E-state index in [-0.39, 0.29) is 11.5 Å². The molecule has 31 heavy (non-hydrogen) atoms. The van der Waals surface area contributed by atoms with E-state index in [9.17, 15) is 9.59 Å². The number of aryl methyl sites for hydroxylation is 1. The SMILES string of the molecule is CCNC(=O)Nc1cc(Nc2cccc(-c3noc(C)n3)c2OC)c(C(=O)NC)nn1. The second-order valence-corrected chi connectivity index (χ2v) is 6.20. The minimum absolute atomic E-state index is 0.0341. The summed E-state index contributed by atoms with van der Waals surface area (Å²) in [7, 11) is 2.98. The number of rotatable bonds is 7. The van der Waals surface area contributed by atoms with Crippen molar-refractivity contribution < 1.29 is 18.8 Å². The van der Waals surface area contributed by atoms with Crippen LogP contribution in [-0.4, -0.2) is 53.0 Å². The Bertz CT molecular complexity index is 1100. The fraction of sp³-hybridized carbons (Fsp3) is 0.263. The van der Waals surface area contributed by atoms with Crippen molar-refractivity contribution in [2.45, 2.75) is 13.8 Å². The maximum absolute atomic E-state index is 12.3. The lowest BCUT2D eigenvalue weighted by Crippen LogP contribution is -2.29. The zero-order valence-electron chi connectivity index (χ0n) is 17.4. The highest BCUT2D eigenvalue weighted by molar-refractivity contribution is 5.99. The number of aromatic nitrogens is 4. The van der Waals surface area contributed by atoms with E-state index in [0.29, 0.717) is 40.9 Å². The second-order valence-electron chi connectivity index (χ2n) is 6.20. The highest BCUT2D eigenvalue weighted by Gasteiger charge is 2.19. The Kier molecular flexibility index (Phi) is 6.60. The molecule has 12 nitrogen and oxygen atoms in total. The van der Waals surface area contributed by atoms with Crippen LogP contribution in [0.25, 0.3) is 11.4 Å². The first-order valence-corrected chi connectivity index (χ1v) is 9.36. The first kappa shape index (κ1) is 21.5. The van der Waals surface area contributed by atoms with Crippen LogP contribution in [0.15, 0.2) is 28.8 Å². The van der Waals surface area contributed by atoms with E-state index in [0.717, 1.165) is 0 Å². The molecule has 2 aromatic heterocycles. The molecule has 0 atom stereocenters. The smallest absolute Gasteiger partial charge is 0.320 e. The largest absolute Gasteiger partial charge is 0.494 e. The summed E-state index contributed by atoms with van der Waals surface area (Å²) in [6.07, 6.45) is 0. The molecular formula is C19H22N8O4. The quantitative estimate of drug-likeness (QED) is 0.444. The van der Waals surface area contributed by atoms with Gasteiger partial charge >= 0.3 is 6.03 Å². The van der Waals surface area contributed by atoms with E-state index in [1.165, 1.54) is 20.2 Å². The summed E-state index contributed by atoms with van der Waals surface area (Å²) in [5.41, 5.74) is 1.45. The maximum atomic E-state index is 12.3. The molecule has 0 aliphatic heterocycles. The van der Waals surface area contributed by atoms with E-state index >= 15 is 0 Å². The van der Waals surface area contributed by atoms with Gasteiger partial charge < -0.3 is 25.2 Å². The molecule has 3 rings (SSSR count). The standard InChI is InChI=1S/C19H22N8O4/c1-5-21-19(29)24-14-9-13(15(26-25-14)18(28)20-3)23-12-8-6-7-11(16(12)30-4)17-22-10(2)31-27-17/h6-9H,5H2,1-4H3,(H,20,28)(H3,21,23,24,25,29). The number of para-hydroxylation sites is 1. The molecule has 162 valence electrons. The Morgan fingerprint density at radius 1 is 1.19 bits per heavy atom. The van der Waals surface area contributed by atoms with Gasteiger partial charge in [-0.25, -0.2) is 4.79 Å². The number of methoxy groups -OCH3 is 1. The zero-order valence-corrected chi connectivity index (χ0v) is 17.4. The molecule has 0 radical (unpaired) electrons. The molecule has 0 saturated heterocycles. The number of nitrogens with zero attached hydrogens (tertiary/aromatic N) is 4. The summed E-state index contributed by atoms with van der Waals surface area (Å²) in [6.45, 7) is 3.92. The van der Waals surface area contributed by atoms with Gasteiger partial charge in [-0.15, -0.1) is 10.2 Å². The van der Waals surface area contributed by atoms with Gasteiger partial charge in [0.1, 0.15) is 0 Å². The number of hydrogen-bond acceptors (Lipinski definition) is 9. The van der Waals surface area contributed by atoms with E-state index in [2.05, 4.69) is 41.6 Å². The van der Waals surface area contributed by atoms with Gasteiger partial charge in [-0.1, -0.05) is 11.2 Å². The van der Waals surface area contributed by atoms with Crippen molar-refractivity contribution in [3.63, 3.8) is 0 Å². The van der Waals surface area contributed by atoms with E-state index in [1.54, 1.807) is 32.0 Å². The van der Waals surface area contributed by atoms with Crippen molar-refractivity contribution in [2.75, 3.05) is 31.3 Å². The molecule has 0 spiro atoms. The predicted molar refractivity (Wildman–Crippen MR) is 112 cm³/mol. The van der Waals surface area contributed by atoms with Gasteiger partial charge in [0.05, 0.1) is 24.0 Å². The Morgan fingerprint density at radius 3 is 2.65 bits per heavy atom. The molecule has 0 bridgehead atoms. The van der Waals surface area contributed by atoms with Crippen molar-refractivity contribution in [3.05, 3.63) is 35.9 Å². The highest BCUT2D eigenvalue weighted by atomic mass is 16.5. The van der Waals surface area contributed by atoms with Crippen LogP contribution in [0.3, 0.4) is 0 Å². The number of ether oxygens (including phenoxy) is 1. The third kappa shape index (κ3) is 4.86. The van der Waals surface area contributed by atoms with Crippen LogP contribution in [0, 0.1) is 6.92 Å². The molecule has 3 aromatic rings. The molecule has 0 aliphatic rings. The van der Waals surface area contributed by atoms with Crippen molar-refractivity contribution >= 4 is 29.1 Å². The summed E-state index contributed by atoms with van der Waals surface area (Å²) in [5.74, 6) is 0.905. The number of hydrogen-bond donors (Lipinski definition) is 4. The molecular weight excluding hydrogens is 404 g/mol. The van der Waals surface area contributed by atoms with Crippen LogP contribution in [0.2, 0.25) is 0 Å². The van der Waals surface area contributed by atoms with Gasteiger partial charge in [0.2, 0.25) is 11.7 Å². The number of carbonyl (C=O) groups is 2. The lowest BCUT2D eigenvalue weighted by Gasteiger charge is -2.16. The summed E-state index contributed by atoms with van der Waals surface area (Å²) >= 11 is 0. The zero-order chi connectivity index (χ0) is 22.4. The fourth-order valence-corrected chi connectivity index (χ4v) is 2.74. The van der Waals surface area contributed by atoms with Crippen LogP contribution in [-0.2, 0) is 0 Å². The number of anilines is 3. The fourth-order valence-electron chi connectivity index (χ4n) is 2.74. The second kappa shape index (κ2) is 9.52. The van der Waals surface area contributed by atoms with Gasteiger partial charge in [-0.05, 0) is 19.1 Å². The van der Waals surface area contributed by atoms with Crippen LogP contribution in [0.5, 0.6) is 5.75 Å². The van der Waals surface area contributed by atoms with E-state index in [1.807, 2.05) is 0 Å². The molecule has 12 heteroatoms. The molecule has 4 N–H and O–H groups in total. The Balaban J connectivity index is 2.02. The first-order chi connectivity index (χ1) is 15.0. The third-order valence-corrected chi connectivity index (χ3v) is 4.07. The van der Waals surface area contributed by atoms with Crippen molar-refractivity contribution in [2.24, 2.45) is 0 Å². The van der Waals surface area contributed by atoms with Crippen molar-refractivity contribution in [1.82, 2.24) is 31.0 Å². The lowest BCUT2D eigenvalue weighted by molar-refractivity contribution is 0.0958. The summed E-state index contributed by atoms with van der Waals surface area (Å²) in [4.78, 5) is 28.4. The predicted octanol–water partition coefficient (Wildman–Crippen LogP) is 2.09. The van der Waals surface area contributed by atoms with Crippen molar-refractivity contribution in [1.29, 1.82) is 0 Å². The van der Waals surface area contributed by atoms with Crippen LogP contribution >= 0.6 is 0 Å². The highest BCUT2D eigenvalue weighted by Crippen LogP contribution is 2.37. The van der Waals surface area contributed by atoms with E-state index < -0.39 is 11.9 Å². The molecule has 0 saturated carbocycles. The number of benzene rings is 1. The minimum atomic E-state index is -0.455. The van der Waals surface area contributed by atoms with Crippen molar-refractivity contribution in [3.8, 4) is 17.1 Å². The lowest BCUT2D eigenvalue weighted by atomic mass is 10.1. The molecule has 3 amide bonds. The van der Waals surface area contributed by atoms with Gasteiger partial charge in [0.25, 0.3) is 5.91 Å². The summed E-state index contributed by atoms with van der Waals surface area (Å²) in [5, 5.41) is 22.6. The summed E-state index contributed by atoms with van der Waals surface area (Å²) < 4.78 is 10.6. The molecule has 0 aliphatic carbocycles. The Morgan fingerprint density at radius 2 is 2.00 bits per heavy atom. The Labute approximate surface area is 177 Å². The molecule has 0 unspecified atom stereocenters. The molecule has 0 fully saturated rings. The molecule has 1 aromatic carbocycles. The average molecular weight is 426 g/mol. The monoisotopic (exact) mass is 426 g/mol. The van der Waals surface area contributed by atoms with Crippen LogP contribution < -0.4 is 26.0 Å². The number of amides is 3. The van der Waals surface area contributed by atoms with Crippen LogP contribution in [0.4, 0.5) is 22.0 Å². The number of nitrogens with one attached hydrogen (secondary N) is 4. The Hall–Kier alpha value is -4.22.